The molecular weight excluding hydrogens is 414 g/mol. The lowest BCUT2D eigenvalue weighted by atomic mass is 9.72. The minimum atomic E-state index is -0.545. The zero-order valence-corrected chi connectivity index (χ0v) is 17.6. The first-order valence-electron chi connectivity index (χ1n) is 10.7. The molecule has 0 unspecified atom stereocenters. The fourth-order valence-electron chi connectivity index (χ4n) is 5.12. The number of ketones is 1. The highest BCUT2D eigenvalue weighted by molar-refractivity contribution is 6.08. The summed E-state index contributed by atoms with van der Waals surface area (Å²) in [7, 11) is 0. The summed E-state index contributed by atoms with van der Waals surface area (Å²) in [5, 5.41) is 10.3. The van der Waals surface area contributed by atoms with Crippen LogP contribution in [0.25, 0.3) is 0 Å². The molecule has 0 saturated heterocycles. The lowest BCUT2D eigenvalue weighted by molar-refractivity contribution is -0.116. The Balaban J connectivity index is 1.63. The number of carbonyl (C=O) groups is 1. The van der Waals surface area contributed by atoms with Gasteiger partial charge < -0.3 is 10.2 Å². The van der Waals surface area contributed by atoms with Crippen molar-refractivity contribution in [1.29, 1.82) is 5.26 Å². The van der Waals surface area contributed by atoms with E-state index in [2.05, 4.69) is 16.0 Å². The number of allylic oxidation sites excluding steroid dienone is 3. The Bertz CT molecular complexity index is 1410. The molecule has 33 heavy (non-hydrogen) atoms. The fourth-order valence-corrected chi connectivity index (χ4v) is 5.12. The van der Waals surface area contributed by atoms with E-state index in [1.54, 1.807) is 18.7 Å². The van der Waals surface area contributed by atoms with Crippen molar-refractivity contribution in [2.24, 2.45) is 10.7 Å². The number of pyridine rings is 1. The van der Waals surface area contributed by atoms with E-state index in [1.807, 2.05) is 53.4 Å². The molecule has 4 heterocycles. The Kier molecular flexibility index (Phi) is 4.27. The summed E-state index contributed by atoms with van der Waals surface area (Å²) < 4.78 is 5.66. The predicted molar refractivity (Wildman–Crippen MR) is 122 cm³/mol. The normalized spacial score (nSPS) is 21.7. The van der Waals surface area contributed by atoms with Gasteiger partial charge in [-0.15, -0.1) is 0 Å². The van der Waals surface area contributed by atoms with Gasteiger partial charge >= 0.3 is 0 Å². The number of aliphatic imine (C=N–C) groups is 1. The summed E-state index contributed by atoms with van der Waals surface area (Å²) in [5.41, 5.74) is 10.5. The van der Waals surface area contributed by atoms with E-state index in [9.17, 15) is 10.1 Å². The first-order valence-corrected chi connectivity index (χ1v) is 10.7. The number of nitriles is 1. The van der Waals surface area contributed by atoms with Crippen LogP contribution in [0.1, 0.15) is 41.6 Å². The van der Waals surface area contributed by atoms with Crippen molar-refractivity contribution in [1.82, 2.24) is 4.98 Å². The summed E-state index contributed by atoms with van der Waals surface area (Å²) in [4.78, 5) is 24.5. The lowest BCUT2D eigenvalue weighted by Gasteiger charge is -2.43. The molecule has 7 heteroatoms. The number of nitrogens with zero attached hydrogens (tertiary/aromatic N) is 4. The quantitative estimate of drug-likeness (QED) is 0.651. The Hall–Kier alpha value is -4.44. The van der Waals surface area contributed by atoms with Crippen LogP contribution < -0.4 is 10.6 Å². The van der Waals surface area contributed by atoms with E-state index in [1.165, 1.54) is 0 Å². The van der Waals surface area contributed by atoms with E-state index in [4.69, 9.17) is 10.2 Å². The third-order valence-corrected chi connectivity index (χ3v) is 6.51. The molecule has 2 aliphatic heterocycles. The molecular formula is C26H19N5O2. The second kappa shape index (κ2) is 7.31. The van der Waals surface area contributed by atoms with Crippen LogP contribution in [-0.2, 0) is 4.79 Å². The van der Waals surface area contributed by atoms with Crippen LogP contribution >= 0.6 is 0 Å². The molecule has 0 saturated carbocycles. The van der Waals surface area contributed by atoms with Gasteiger partial charge in [0.1, 0.15) is 11.6 Å². The number of carbonyl (C=O) groups excluding carboxylic acids is 1. The third kappa shape index (κ3) is 2.84. The molecule has 0 amide bonds. The second-order valence-corrected chi connectivity index (χ2v) is 8.32. The standard InChI is InChI=1S/C26H19N5O2/c27-13-18-23(15-5-3-9-29-14-15)24-20(11-16(12-21(24)32)22-8-4-10-33-22)31-19-7-2-1-6-17(19)25(28)30-26(18)31/h1-10,14,16,23H,11-12H2,(H2,28,30)/t16-,23-/m1/s1. The van der Waals surface area contributed by atoms with Crippen LogP contribution in [0.2, 0.25) is 0 Å². The maximum atomic E-state index is 13.7. The van der Waals surface area contributed by atoms with E-state index < -0.39 is 5.92 Å². The van der Waals surface area contributed by atoms with Crippen LogP contribution in [0, 0.1) is 11.3 Å². The van der Waals surface area contributed by atoms with E-state index in [0.717, 1.165) is 28.3 Å². The molecule has 0 bridgehead atoms. The number of hydrogen-bond donors (Lipinski definition) is 1. The second-order valence-electron chi connectivity index (χ2n) is 8.32. The molecule has 7 nitrogen and oxygen atoms in total. The summed E-state index contributed by atoms with van der Waals surface area (Å²) in [5.74, 6) is 0.950. The number of fused-ring (bicyclic) bond motifs is 4. The highest BCUT2D eigenvalue weighted by Gasteiger charge is 2.45. The van der Waals surface area contributed by atoms with Crippen molar-refractivity contribution in [2.45, 2.75) is 24.7 Å². The Morgan fingerprint density at radius 1 is 1.12 bits per heavy atom. The first-order chi connectivity index (χ1) is 16.2. The molecule has 0 radical (unpaired) electrons. The topological polar surface area (TPSA) is 109 Å². The van der Waals surface area contributed by atoms with Gasteiger partial charge in [-0.05, 0) is 42.3 Å². The SMILES string of the molecule is N#CC1=C2N=C(N)c3ccccc3N2C2=C(C(=O)C[C@H](c3ccco3)C2)[C@@H]1c1cccnc1. The van der Waals surface area contributed by atoms with Crippen molar-refractivity contribution < 1.29 is 9.21 Å². The zero-order valence-electron chi connectivity index (χ0n) is 17.6. The van der Waals surface area contributed by atoms with Gasteiger partial charge in [0.05, 0.1) is 29.5 Å². The Morgan fingerprint density at radius 2 is 2.00 bits per heavy atom. The number of amidine groups is 1. The van der Waals surface area contributed by atoms with Crippen LogP contribution in [0.15, 0.2) is 99.3 Å². The third-order valence-electron chi connectivity index (χ3n) is 6.51. The number of nitrogens with two attached hydrogens (primary N) is 1. The van der Waals surface area contributed by atoms with Crippen molar-refractivity contribution in [3.8, 4) is 6.07 Å². The maximum absolute atomic E-state index is 13.7. The molecule has 6 rings (SSSR count). The highest BCUT2D eigenvalue weighted by Crippen LogP contribution is 2.51. The molecule has 0 spiro atoms. The monoisotopic (exact) mass is 433 g/mol. The van der Waals surface area contributed by atoms with Crippen LogP contribution in [0.4, 0.5) is 5.69 Å². The Morgan fingerprint density at radius 3 is 2.76 bits per heavy atom. The minimum absolute atomic E-state index is 0.00157. The van der Waals surface area contributed by atoms with Crippen molar-refractivity contribution in [3.05, 3.63) is 107 Å². The van der Waals surface area contributed by atoms with Crippen LogP contribution in [-0.4, -0.2) is 16.6 Å². The van der Waals surface area contributed by atoms with Crippen LogP contribution in [0.3, 0.4) is 0 Å². The highest BCUT2D eigenvalue weighted by atomic mass is 16.3. The molecule has 2 atom stereocenters. The molecule has 1 aliphatic carbocycles. The average Bonchev–Trinajstić information content (AvgIpc) is 3.39. The van der Waals surface area contributed by atoms with Gasteiger partial charge in [0, 0.05) is 41.6 Å². The van der Waals surface area contributed by atoms with E-state index >= 15 is 0 Å². The number of para-hydroxylation sites is 1. The van der Waals surface area contributed by atoms with Gasteiger partial charge in [0.15, 0.2) is 11.6 Å². The fraction of sp³-hybridized carbons (Fsp3) is 0.154. The van der Waals surface area contributed by atoms with Gasteiger partial charge in [-0.3, -0.25) is 14.7 Å². The number of anilines is 1. The van der Waals surface area contributed by atoms with Gasteiger partial charge in [-0.1, -0.05) is 18.2 Å². The Labute approximate surface area is 190 Å². The summed E-state index contributed by atoms with van der Waals surface area (Å²) in [6.45, 7) is 0. The van der Waals surface area contributed by atoms with Gasteiger partial charge in [0.25, 0.3) is 0 Å². The summed E-state index contributed by atoms with van der Waals surface area (Å²) >= 11 is 0. The molecule has 0 fully saturated rings. The van der Waals surface area contributed by atoms with Crippen molar-refractivity contribution in [3.63, 3.8) is 0 Å². The number of aromatic nitrogens is 1. The maximum Gasteiger partial charge on any atom is 0.162 e. The zero-order chi connectivity index (χ0) is 22.5. The molecule has 2 aromatic heterocycles. The minimum Gasteiger partial charge on any atom is -0.469 e. The number of hydrogen-bond acceptors (Lipinski definition) is 7. The number of furan rings is 1. The van der Waals surface area contributed by atoms with Crippen LogP contribution in [0.5, 0.6) is 0 Å². The lowest BCUT2D eigenvalue weighted by Crippen LogP contribution is -2.40. The van der Waals surface area contributed by atoms with Gasteiger partial charge in [-0.25, -0.2) is 4.99 Å². The van der Waals surface area contributed by atoms with Crippen molar-refractivity contribution in [2.75, 3.05) is 4.90 Å². The molecule has 1 aromatic carbocycles. The largest absolute Gasteiger partial charge is 0.469 e. The summed E-state index contributed by atoms with van der Waals surface area (Å²) in [6.07, 6.45) is 5.91. The molecule has 3 aromatic rings. The predicted octanol–water partition coefficient (Wildman–Crippen LogP) is 4.13. The summed E-state index contributed by atoms with van der Waals surface area (Å²) in [6, 6.07) is 17.5. The van der Waals surface area contributed by atoms with E-state index in [0.29, 0.717) is 35.6 Å². The smallest absolute Gasteiger partial charge is 0.162 e. The number of Topliss-reactive ketones (excluding diaryl/α,β-unsaturated/α-hetero) is 1. The van der Waals surface area contributed by atoms with Gasteiger partial charge in [-0.2, -0.15) is 5.26 Å². The van der Waals surface area contributed by atoms with Gasteiger partial charge in [0.2, 0.25) is 0 Å². The average molecular weight is 433 g/mol. The molecule has 2 N–H and O–H groups in total. The molecule has 3 aliphatic rings. The number of benzene rings is 1. The molecule has 160 valence electrons. The van der Waals surface area contributed by atoms with Crippen molar-refractivity contribution >= 4 is 17.3 Å². The first kappa shape index (κ1) is 19.3. The van der Waals surface area contributed by atoms with E-state index in [-0.39, 0.29) is 11.7 Å². The number of rotatable bonds is 2.